The third kappa shape index (κ3) is 2.23. The van der Waals surface area contributed by atoms with E-state index in [1.807, 2.05) is 0 Å². The van der Waals surface area contributed by atoms with Crippen LogP contribution >= 0.6 is 0 Å². The molecule has 0 atom stereocenters. The molecule has 0 aromatic heterocycles. The Hall–Kier alpha value is -0.810. The number of carbonyl (C=O) groups is 1. The second-order valence-electron chi connectivity index (χ2n) is 4.23. The van der Waals surface area contributed by atoms with Gasteiger partial charge in [0.1, 0.15) is 5.60 Å². The molecule has 86 valence electrons. The second-order valence-corrected chi connectivity index (χ2v) is 4.23. The topological polar surface area (TPSA) is 64.8 Å². The molecule has 2 N–H and O–H groups in total. The maximum absolute atomic E-state index is 11.6. The van der Waals surface area contributed by atoms with Crippen molar-refractivity contribution >= 4 is 6.09 Å². The summed E-state index contributed by atoms with van der Waals surface area (Å²) in [5.41, 5.74) is 5.15. The summed E-state index contributed by atoms with van der Waals surface area (Å²) in [6, 6.07) is 0. The van der Waals surface area contributed by atoms with E-state index in [-0.39, 0.29) is 11.7 Å². The first-order valence-electron chi connectivity index (χ1n) is 5.51. The van der Waals surface area contributed by atoms with Gasteiger partial charge in [-0.05, 0) is 13.0 Å². The smallest absolute Gasteiger partial charge is 0.410 e. The first-order valence-corrected chi connectivity index (χ1v) is 5.51. The minimum Gasteiger partial charge on any atom is -0.441 e. The second kappa shape index (κ2) is 4.37. The molecule has 0 aromatic rings. The normalized spacial score (nSPS) is 24.6. The van der Waals surface area contributed by atoms with Crippen LogP contribution in [-0.2, 0) is 9.47 Å². The Bertz CT molecular complexity index is 239. The van der Waals surface area contributed by atoms with E-state index >= 15 is 0 Å². The predicted octanol–water partition coefficient (Wildman–Crippen LogP) is 0.337. The summed E-state index contributed by atoms with van der Waals surface area (Å²) >= 11 is 0. The highest BCUT2D eigenvalue weighted by Gasteiger charge is 2.45. The molecule has 5 heteroatoms. The number of nitrogens with two attached hydrogens (primary N) is 1. The van der Waals surface area contributed by atoms with Crippen molar-refractivity contribution in [2.24, 2.45) is 5.73 Å². The average Bonchev–Trinajstić information content (AvgIpc) is 2.53. The van der Waals surface area contributed by atoms with Crippen LogP contribution in [0, 0.1) is 0 Å². The van der Waals surface area contributed by atoms with Crippen molar-refractivity contribution in [3.63, 3.8) is 0 Å². The quantitative estimate of drug-likeness (QED) is 0.735. The summed E-state index contributed by atoms with van der Waals surface area (Å²) in [6.07, 6.45) is 2.28. The molecule has 0 aromatic carbocycles. The van der Waals surface area contributed by atoms with Crippen molar-refractivity contribution in [2.75, 3.05) is 32.8 Å². The van der Waals surface area contributed by atoms with Gasteiger partial charge in [0.05, 0.1) is 19.8 Å². The van der Waals surface area contributed by atoms with Gasteiger partial charge in [0.15, 0.2) is 0 Å². The third-order valence-electron chi connectivity index (χ3n) is 3.08. The van der Waals surface area contributed by atoms with Crippen LogP contribution in [0.4, 0.5) is 4.79 Å². The van der Waals surface area contributed by atoms with E-state index in [9.17, 15) is 4.79 Å². The molecule has 5 nitrogen and oxygen atoms in total. The van der Waals surface area contributed by atoms with Gasteiger partial charge in [0.25, 0.3) is 0 Å². The van der Waals surface area contributed by atoms with E-state index in [0.29, 0.717) is 32.8 Å². The van der Waals surface area contributed by atoms with Gasteiger partial charge in [-0.2, -0.15) is 0 Å². The standard InChI is InChI=1S/C10H18N2O3/c11-4-1-5-12-8-10(15-9(12)13)2-6-14-7-3-10/h1-8,11H2. The van der Waals surface area contributed by atoms with Gasteiger partial charge in [0.2, 0.25) is 0 Å². The maximum atomic E-state index is 11.6. The number of nitrogens with zero attached hydrogens (tertiary/aromatic N) is 1. The molecule has 0 aliphatic carbocycles. The molecule has 15 heavy (non-hydrogen) atoms. The molecule has 2 heterocycles. The Morgan fingerprint density at radius 1 is 1.40 bits per heavy atom. The molecule has 0 radical (unpaired) electrons. The van der Waals surface area contributed by atoms with E-state index in [2.05, 4.69) is 0 Å². The molecular weight excluding hydrogens is 196 g/mol. The predicted molar refractivity (Wildman–Crippen MR) is 54.5 cm³/mol. The van der Waals surface area contributed by atoms with Gasteiger partial charge < -0.3 is 20.1 Å². The van der Waals surface area contributed by atoms with Crippen LogP contribution in [0.25, 0.3) is 0 Å². The van der Waals surface area contributed by atoms with E-state index in [0.717, 1.165) is 19.3 Å². The minimum absolute atomic E-state index is 0.189. The molecule has 2 saturated heterocycles. The monoisotopic (exact) mass is 214 g/mol. The van der Waals surface area contributed by atoms with Crippen LogP contribution < -0.4 is 5.73 Å². The summed E-state index contributed by atoms with van der Waals surface area (Å²) in [5.74, 6) is 0. The zero-order chi connectivity index (χ0) is 10.7. The SMILES string of the molecule is NCCCN1CC2(CCOCC2)OC1=O. The summed E-state index contributed by atoms with van der Waals surface area (Å²) in [5, 5.41) is 0. The van der Waals surface area contributed by atoms with Crippen molar-refractivity contribution in [1.29, 1.82) is 0 Å². The van der Waals surface area contributed by atoms with Gasteiger partial charge in [-0.3, -0.25) is 0 Å². The first-order chi connectivity index (χ1) is 7.26. The number of ether oxygens (including phenoxy) is 2. The Balaban J connectivity index is 1.92. The van der Waals surface area contributed by atoms with Crippen LogP contribution in [0.2, 0.25) is 0 Å². The van der Waals surface area contributed by atoms with Crippen molar-refractivity contribution in [1.82, 2.24) is 4.90 Å². The van der Waals surface area contributed by atoms with Crippen molar-refractivity contribution in [2.45, 2.75) is 24.9 Å². The summed E-state index contributed by atoms with van der Waals surface area (Å²) < 4.78 is 10.7. The highest BCUT2D eigenvalue weighted by molar-refractivity contribution is 5.70. The van der Waals surface area contributed by atoms with Crippen LogP contribution in [0.3, 0.4) is 0 Å². The highest BCUT2D eigenvalue weighted by Crippen LogP contribution is 2.32. The molecule has 2 aliphatic rings. The van der Waals surface area contributed by atoms with Gasteiger partial charge >= 0.3 is 6.09 Å². The molecule has 1 spiro atoms. The zero-order valence-electron chi connectivity index (χ0n) is 8.91. The van der Waals surface area contributed by atoms with Crippen LogP contribution in [0.15, 0.2) is 0 Å². The number of carbonyl (C=O) groups excluding carboxylic acids is 1. The minimum atomic E-state index is -0.274. The van der Waals surface area contributed by atoms with Gasteiger partial charge in [-0.25, -0.2) is 4.79 Å². The van der Waals surface area contributed by atoms with Crippen LogP contribution in [0.1, 0.15) is 19.3 Å². The van der Waals surface area contributed by atoms with Gasteiger partial charge in [-0.1, -0.05) is 0 Å². The van der Waals surface area contributed by atoms with E-state index < -0.39 is 0 Å². The largest absolute Gasteiger partial charge is 0.441 e. The number of rotatable bonds is 3. The van der Waals surface area contributed by atoms with Crippen molar-refractivity contribution in [3.05, 3.63) is 0 Å². The lowest BCUT2D eigenvalue weighted by Crippen LogP contribution is -2.40. The molecule has 2 rings (SSSR count). The number of hydrogen-bond donors (Lipinski definition) is 1. The number of amides is 1. The van der Waals surface area contributed by atoms with Crippen molar-refractivity contribution < 1.29 is 14.3 Å². The van der Waals surface area contributed by atoms with Gasteiger partial charge in [0, 0.05) is 19.4 Å². The molecule has 0 bridgehead atoms. The summed E-state index contributed by atoms with van der Waals surface area (Å²) in [4.78, 5) is 13.3. The lowest BCUT2D eigenvalue weighted by Gasteiger charge is -2.30. The lowest BCUT2D eigenvalue weighted by molar-refractivity contribution is -0.0437. The maximum Gasteiger partial charge on any atom is 0.410 e. The first kappa shape index (κ1) is 10.7. The Morgan fingerprint density at radius 3 is 2.80 bits per heavy atom. The highest BCUT2D eigenvalue weighted by atomic mass is 16.6. The van der Waals surface area contributed by atoms with Crippen LogP contribution in [0.5, 0.6) is 0 Å². The average molecular weight is 214 g/mol. The number of hydrogen-bond acceptors (Lipinski definition) is 4. The molecule has 2 aliphatic heterocycles. The summed E-state index contributed by atoms with van der Waals surface area (Å²) in [7, 11) is 0. The molecule has 2 fully saturated rings. The fourth-order valence-electron chi connectivity index (χ4n) is 2.15. The molecule has 0 saturated carbocycles. The van der Waals surface area contributed by atoms with Crippen molar-refractivity contribution in [3.8, 4) is 0 Å². The Labute approximate surface area is 89.5 Å². The Kier molecular flexibility index (Phi) is 3.11. The molecule has 1 amide bonds. The summed E-state index contributed by atoms with van der Waals surface area (Å²) in [6.45, 7) is 3.41. The molecular formula is C10H18N2O3. The van der Waals surface area contributed by atoms with Crippen LogP contribution in [-0.4, -0.2) is 49.4 Å². The molecule has 0 unspecified atom stereocenters. The fraction of sp³-hybridized carbons (Fsp3) is 0.900. The zero-order valence-corrected chi connectivity index (χ0v) is 8.91. The van der Waals surface area contributed by atoms with E-state index in [1.165, 1.54) is 0 Å². The van der Waals surface area contributed by atoms with E-state index in [4.69, 9.17) is 15.2 Å². The fourth-order valence-corrected chi connectivity index (χ4v) is 2.15. The van der Waals surface area contributed by atoms with E-state index in [1.54, 1.807) is 4.90 Å². The van der Waals surface area contributed by atoms with Gasteiger partial charge in [-0.15, -0.1) is 0 Å². The third-order valence-corrected chi connectivity index (χ3v) is 3.08. The lowest BCUT2D eigenvalue weighted by atomic mass is 9.94. The Morgan fingerprint density at radius 2 is 2.13 bits per heavy atom.